The van der Waals surface area contributed by atoms with Crippen molar-refractivity contribution in [3.63, 3.8) is 0 Å². The molecule has 1 fully saturated rings. The number of nitrogens with one attached hydrogen (secondary N) is 1. The summed E-state index contributed by atoms with van der Waals surface area (Å²) in [7, 11) is 0. The zero-order chi connectivity index (χ0) is 21.7. The quantitative estimate of drug-likeness (QED) is 0.553. The lowest BCUT2D eigenvalue weighted by atomic mass is 9.87. The van der Waals surface area contributed by atoms with Crippen molar-refractivity contribution in [3.05, 3.63) is 57.0 Å². The summed E-state index contributed by atoms with van der Waals surface area (Å²) in [5.74, 6) is 0.149. The van der Waals surface area contributed by atoms with Crippen LogP contribution in [0.4, 0.5) is 4.39 Å². The van der Waals surface area contributed by atoms with Gasteiger partial charge in [-0.15, -0.1) is 0 Å². The molecule has 1 aliphatic heterocycles. The minimum atomic E-state index is -1.18. The van der Waals surface area contributed by atoms with E-state index in [0.29, 0.717) is 47.5 Å². The Morgan fingerprint density at radius 1 is 1.20 bits per heavy atom. The van der Waals surface area contributed by atoms with Gasteiger partial charge in [0.25, 0.3) is 0 Å². The SMILES string of the molecule is CC(=O)NOc1ccc(Cl)c(Cl)c1C1CCN(CCOc2ccc(Cl)cc2)CC1F. The minimum absolute atomic E-state index is 0.233. The fourth-order valence-electron chi connectivity index (χ4n) is 3.43. The first-order valence-corrected chi connectivity index (χ1v) is 10.6. The fourth-order valence-corrected chi connectivity index (χ4v) is 4.02. The predicted molar refractivity (Wildman–Crippen MR) is 117 cm³/mol. The number of carbonyl (C=O) groups is 1. The van der Waals surface area contributed by atoms with Gasteiger partial charge in [-0.1, -0.05) is 34.8 Å². The summed E-state index contributed by atoms with van der Waals surface area (Å²) in [6, 6.07) is 10.2. The van der Waals surface area contributed by atoms with Gasteiger partial charge in [-0.05, 0) is 49.4 Å². The largest absolute Gasteiger partial charge is 0.492 e. The number of halogens is 4. The van der Waals surface area contributed by atoms with Crippen LogP contribution >= 0.6 is 34.8 Å². The molecule has 2 aromatic rings. The lowest BCUT2D eigenvalue weighted by molar-refractivity contribution is -0.125. The Labute approximate surface area is 189 Å². The first-order valence-electron chi connectivity index (χ1n) is 9.51. The van der Waals surface area contributed by atoms with Crippen LogP contribution in [0.5, 0.6) is 11.5 Å². The Hall–Kier alpha value is -1.73. The van der Waals surface area contributed by atoms with Gasteiger partial charge in [-0.25, -0.2) is 4.39 Å². The van der Waals surface area contributed by atoms with E-state index in [4.69, 9.17) is 44.4 Å². The summed E-state index contributed by atoms with van der Waals surface area (Å²) in [5.41, 5.74) is 2.73. The second-order valence-corrected chi connectivity index (χ2v) is 8.27. The smallest absolute Gasteiger partial charge is 0.249 e. The van der Waals surface area contributed by atoms with Crippen LogP contribution in [0.3, 0.4) is 0 Å². The summed E-state index contributed by atoms with van der Waals surface area (Å²) in [6.07, 6.45) is -0.650. The van der Waals surface area contributed by atoms with Gasteiger partial charge in [0, 0.05) is 36.5 Å². The number of ether oxygens (including phenoxy) is 1. The molecule has 9 heteroatoms. The second kappa shape index (κ2) is 10.5. The molecule has 1 N–H and O–H groups in total. The fraction of sp³-hybridized carbons (Fsp3) is 0.381. The van der Waals surface area contributed by atoms with E-state index in [-0.39, 0.29) is 17.5 Å². The van der Waals surface area contributed by atoms with Gasteiger partial charge in [-0.2, -0.15) is 5.48 Å². The van der Waals surface area contributed by atoms with E-state index < -0.39 is 12.1 Å². The zero-order valence-electron chi connectivity index (χ0n) is 16.3. The highest BCUT2D eigenvalue weighted by molar-refractivity contribution is 6.42. The van der Waals surface area contributed by atoms with Crippen LogP contribution in [0.15, 0.2) is 36.4 Å². The summed E-state index contributed by atoms with van der Waals surface area (Å²) in [5, 5.41) is 1.20. The molecule has 0 spiro atoms. The van der Waals surface area contributed by atoms with Crippen molar-refractivity contribution in [2.24, 2.45) is 0 Å². The standard InChI is InChI=1S/C21H22Cl3FN2O3/c1-13(28)26-30-19-7-6-17(23)21(24)20(19)16-8-9-27(12-18(16)25)10-11-29-15-4-2-14(22)3-5-15/h2-7,16,18H,8-12H2,1H3,(H,26,28). The summed E-state index contributed by atoms with van der Waals surface area (Å²) >= 11 is 18.4. The first-order chi connectivity index (χ1) is 14.3. The maximum Gasteiger partial charge on any atom is 0.249 e. The molecular weight excluding hydrogens is 454 g/mol. The van der Waals surface area contributed by atoms with E-state index >= 15 is 4.39 Å². The van der Waals surface area contributed by atoms with Crippen molar-refractivity contribution in [1.29, 1.82) is 0 Å². The van der Waals surface area contributed by atoms with Gasteiger partial charge >= 0.3 is 0 Å². The van der Waals surface area contributed by atoms with Gasteiger partial charge < -0.3 is 9.57 Å². The average molecular weight is 476 g/mol. The molecule has 1 saturated heterocycles. The number of piperidine rings is 1. The maximum absolute atomic E-state index is 15.1. The molecule has 2 atom stereocenters. The number of hydroxylamine groups is 1. The number of hydrogen-bond donors (Lipinski definition) is 1. The van der Waals surface area contributed by atoms with E-state index in [0.717, 1.165) is 5.75 Å². The molecule has 162 valence electrons. The lowest BCUT2D eigenvalue weighted by Gasteiger charge is -2.35. The molecule has 2 unspecified atom stereocenters. The van der Waals surface area contributed by atoms with Gasteiger partial charge in [0.15, 0.2) is 5.75 Å². The van der Waals surface area contributed by atoms with Crippen LogP contribution in [0.1, 0.15) is 24.8 Å². The molecule has 3 rings (SSSR count). The van der Waals surface area contributed by atoms with Crippen LogP contribution in [-0.4, -0.2) is 43.2 Å². The van der Waals surface area contributed by atoms with Gasteiger partial charge in [-0.3, -0.25) is 9.69 Å². The Kier molecular flexibility index (Phi) is 8.06. The molecule has 1 amide bonds. The average Bonchev–Trinajstić information content (AvgIpc) is 2.71. The summed E-state index contributed by atoms with van der Waals surface area (Å²) in [4.78, 5) is 18.5. The third-order valence-corrected chi connectivity index (χ3v) is 5.95. The number of nitrogens with zero attached hydrogens (tertiary/aromatic N) is 1. The number of benzene rings is 2. The predicted octanol–water partition coefficient (Wildman–Crippen LogP) is 5.28. The van der Waals surface area contributed by atoms with Crippen molar-refractivity contribution in [3.8, 4) is 11.5 Å². The van der Waals surface area contributed by atoms with Crippen molar-refractivity contribution in [1.82, 2.24) is 10.4 Å². The van der Waals surface area contributed by atoms with Crippen LogP contribution in [0, 0.1) is 0 Å². The van der Waals surface area contributed by atoms with Crippen molar-refractivity contribution in [2.75, 3.05) is 26.2 Å². The highest BCUT2D eigenvalue weighted by Crippen LogP contribution is 2.43. The number of hydrogen-bond acceptors (Lipinski definition) is 4. The topological polar surface area (TPSA) is 50.8 Å². The van der Waals surface area contributed by atoms with E-state index in [2.05, 4.69) is 5.48 Å². The summed E-state index contributed by atoms with van der Waals surface area (Å²) < 4.78 is 20.8. The van der Waals surface area contributed by atoms with Gasteiger partial charge in [0.1, 0.15) is 18.5 Å². The minimum Gasteiger partial charge on any atom is -0.492 e. The molecule has 1 aliphatic rings. The lowest BCUT2D eigenvalue weighted by Crippen LogP contribution is -2.42. The van der Waals surface area contributed by atoms with Crippen LogP contribution < -0.4 is 15.1 Å². The monoisotopic (exact) mass is 474 g/mol. The Morgan fingerprint density at radius 3 is 2.60 bits per heavy atom. The normalized spacial score (nSPS) is 19.4. The highest BCUT2D eigenvalue weighted by Gasteiger charge is 2.34. The van der Waals surface area contributed by atoms with Gasteiger partial charge in [0.2, 0.25) is 5.91 Å². The van der Waals surface area contributed by atoms with Crippen molar-refractivity contribution < 1.29 is 18.8 Å². The number of carbonyl (C=O) groups excluding carboxylic acids is 1. The van der Waals surface area contributed by atoms with Crippen molar-refractivity contribution >= 4 is 40.7 Å². The molecular formula is C21H22Cl3FN2O3. The highest BCUT2D eigenvalue weighted by atomic mass is 35.5. The maximum atomic E-state index is 15.1. The molecule has 2 aromatic carbocycles. The van der Waals surface area contributed by atoms with Crippen LogP contribution in [0.25, 0.3) is 0 Å². The Bertz CT molecular complexity index is 883. The molecule has 0 aliphatic carbocycles. The third kappa shape index (κ3) is 5.91. The Morgan fingerprint density at radius 2 is 1.93 bits per heavy atom. The summed E-state index contributed by atoms with van der Waals surface area (Å²) in [6.45, 7) is 3.25. The van der Waals surface area contributed by atoms with E-state index in [1.165, 1.54) is 6.92 Å². The molecule has 1 heterocycles. The molecule has 0 bridgehead atoms. The zero-order valence-corrected chi connectivity index (χ0v) is 18.6. The van der Waals surface area contributed by atoms with Crippen LogP contribution in [0.2, 0.25) is 15.1 Å². The molecule has 0 aromatic heterocycles. The van der Waals surface area contributed by atoms with E-state index in [9.17, 15) is 4.79 Å². The Balaban J connectivity index is 1.61. The third-order valence-electron chi connectivity index (χ3n) is 4.88. The number of amides is 1. The first kappa shape index (κ1) is 22.9. The second-order valence-electron chi connectivity index (χ2n) is 7.05. The van der Waals surface area contributed by atoms with E-state index in [1.54, 1.807) is 36.4 Å². The molecule has 0 radical (unpaired) electrons. The van der Waals surface area contributed by atoms with E-state index in [1.807, 2.05) is 4.90 Å². The molecule has 5 nitrogen and oxygen atoms in total. The van der Waals surface area contributed by atoms with Crippen LogP contribution in [-0.2, 0) is 4.79 Å². The number of rotatable bonds is 7. The van der Waals surface area contributed by atoms with Gasteiger partial charge in [0.05, 0.1) is 10.0 Å². The number of alkyl halides is 1. The van der Waals surface area contributed by atoms with Crippen molar-refractivity contribution in [2.45, 2.75) is 25.4 Å². The molecule has 0 saturated carbocycles. The number of likely N-dealkylation sites (tertiary alicyclic amines) is 1. The molecule has 30 heavy (non-hydrogen) atoms.